The summed E-state index contributed by atoms with van der Waals surface area (Å²) in [6, 6.07) is 4.49. The summed E-state index contributed by atoms with van der Waals surface area (Å²) in [4.78, 5) is 62.8. The number of carbonyl (C=O) groups is 5. The van der Waals surface area contributed by atoms with Gasteiger partial charge in [-0.05, 0) is 37.6 Å². The van der Waals surface area contributed by atoms with E-state index in [1.165, 1.54) is 31.2 Å². The van der Waals surface area contributed by atoms with Crippen LogP contribution in [0.3, 0.4) is 0 Å². The first-order valence-electron chi connectivity index (χ1n) is 10.5. The average molecular weight is 576 g/mol. The molecule has 0 saturated heterocycles. The highest BCUT2D eigenvalue weighted by molar-refractivity contribution is 6.55. The van der Waals surface area contributed by atoms with Crippen LogP contribution in [-0.2, 0) is 19.1 Å². The summed E-state index contributed by atoms with van der Waals surface area (Å²) < 4.78 is 10.00. The Balaban J connectivity index is 1.61. The summed E-state index contributed by atoms with van der Waals surface area (Å²) in [6.07, 6.45) is 0.689. The Morgan fingerprint density at radius 3 is 1.92 bits per heavy atom. The molecule has 1 N–H and O–H groups in total. The number of rotatable bonds is 8. The summed E-state index contributed by atoms with van der Waals surface area (Å²) in [7, 11) is 0. The van der Waals surface area contributed by atoms with Crippen LogP contribution >= 0.6 is 46.4 Å². The SMILES string of the molecule is CCCOC(=O)c1ccc(NC(=O)COC(=O)[C@H](C)N2C(=O)c3c(Cl)c(Cl)c(Cl)c(Cl)c3C2=O)cc1. The minimum absolute atomic E-state index is 0.206. The first kappa shape index (κ1) is 27.7. The number of benzene rings is 2. The number of carbonyl (C=O) groups excluding carboxylic acids is 5. The molecule has 1 aliphatic heterocycles. The number of ether oxygens (including phenoxy) is 2. The zero-order valence-electron chi connectivity index (χ0n) is 18.8. The summed E-state index contributed by atoms with van der Waals surface area (Å²) in [6.45, 7) is 2.70. The Labute approximate surface area is 225 Å². The van der Waals surface area contributed by atoms with Crippen molar-refractivity contribution in [2.24, 2.45) is 0 Å². The molecule has 190 valence electrons. The van der Waals surface area contributed by atoms with Gasteiger partial charge in [0.05, 0.1) is 43.4 Å². The lowest BCUT2D eigenvalue weighted by Crippen LogP contribution is -2.44. The van der Waals surface area contributed by atoms with Gasteiger partial charge >= 0.3 is 11.9 Å². The van der Waals surface area contributed by atoms with E-state index in [0.717, 1.165) is 0 Å². The topological polar surface area (TPSA) is 119 Å². The van der Waals surface area contributed by atoms with Crippen molar-refractivity contribution in [1.82, 2.24) is 4.90 Å². The summed E-state index contributed by atoms with van der Waals surface area (Å²) >= 11 is 24.1. The molecular formula is C23H18Cl4N2O7. The van der Waals surface area contributed by atoms with E-state index in [0.29, 0.717) is 29.2 Å². The van der Waals surface area contributed by atoms with Crippen molar-refractivity contribution in [3.05, 3.63) is 61.0 Å². The van der Waals surface area contributed by atoms with Gasteiger partial charge in [-0.2, -0.15) is 0 Å². The molecule has 9 nitrogen and oxygen atoms in total. The fourth-order valence-electron chi connectivity index (χ4n) is 3.25. The van der Waals surface area contributed by atoms with Crippen LogP contribution < -0.4 is 5.32 Å². The Kier molecular flexibility index (Phi) is 8.84. The second-order valence-electron chi connectivity index (χ2n) is 7.53. The van der Waals surface area contributed by atoms with Crippen molar-refractivity contribution in [2.45, 2.75) is 26.3 Å². The van der Waals surface area contributed by atoms with Crippen LogP contribution in [0.4, 0.5) is 5.69 Å². The summed E-state index contributed by atoms with van der Waals surface area (Å²) in [5.74, 6) is -4.03. The number of nitrogens with zero attached hydrogens (tertiary/aromatic N) is 1. The molecule has 36 heavy (non-hydrogen) atoms. The number of halogens is 4. The van der Waals surface area contributed by atoms with Gasteiger partial charge in [-0.25, -0.2) is 9.59 Å². The highest BCUT2D eigenvalue weighted by Crippen LogP contribution is 2.45. The van der Waals surface area contributed by atoms with Crippen LogP contribution in [0.25, 0.3) is 0 Å². The molecule has 3 amide bonds. The lowest BCUT2D eigenvalue weighted by atomic mass is 10.1. The molecule has 0 bridgehead atoms. The number of anilines is 1. The molecule has 13 heteroatoms. The molecule has 2 aromatic carbocycles. The van der Waals surface area contributed by atoms with Crippen molar-refractivity contribution in [3.63, 3.8) is 0 Å². The Hall–Kier alpha value is -2.85. The van der Waals surface area contributed by atoms with Gasteiger partial charge in [0.2, 0.25) is 0 Å². The lowest BCUT2D eigenvalue weighted by Gasteiger charge is -2.20. The minimum Gasteiger partial charge on any atom is -0.462 e. The molecule has 3 rings (SSSR count). The lowest BCUT2D eigenvalue weighted by molar-refractivity contribution is -0.150. The largest absolute Gasteiger partial charge is 0.462 e. The third kappa shape index (κ3) is 5.44. The van der Waals surface area contributed by atoms with E-state index in [4.69, 9.17) is 55.9 Å². The van der Waals surface area contributed by atoms with Crippen LogP contribution in [0, 0.1) is 0 Å². The van der Waals surface area contributed by atoms with E-state index in [1.54, 1.807) is 0 Å². The highest BCUT2D eigenvalue weighted by atomic mass is 35.5. The smallest absolute Gasteiger partial charge is 0.338 e. The van der Waals surface area contributed by atoms with Crippen molar-refractivity contribution in [1.29, 1.82) is 0 Å². The van der Waals surface area contributed by atoms with E-state index in [9.17, 15) is 24.0 Å². The predicted octanol–water partition coefficient (Wildman–Crippen LogP) is 5.03. The number of esters is 2. The van der Waals surface area contributed by atoms with Crippen LogP contribution in [0.2, 0.25) is 20.1 Å². The van der Waals surface area contributed by atoms with Gasteiger partial charge < -0.3 is 14.8 Å². The molecule has 0 aliphatic carbocycles. The fourth-order valence-corrected chi connectivity index (χ4v) is 4.26. The first-order chi connectivity index (χ1) is 17.0. The molecule has 0 unspecified atom stereocenters. The average Bonchev–Trinajstić information content (AvgIpc) is 3.12. The normalized spacial score (nSPS) is 13.3. The number of imide groups is 1. The Morgan fingerprint density at radius 1 is 0.889 bits per heavy atom. The number of fused-ring (bicyclic) bond motifs is 1. The summed E-state index contributed by atoms with van der Waals surface area (Å²) in [5.41, 5.74) is 0.0981. The highest BCUT2D eigenvalue weighted by Gasteiger charge is 2.45. The van der Waals surface area contributed by atoms with Crippen LogP contribution in [0.1, 0.15) is 51.3 Å². The van der Waals surface area contributed by atoms with E-state index < -0.39 is 42.3 Å². The minimum atomic E-state index is -1.41. The maximum atomic E-state index is 12.8. The molecular weight excluding hydrogens is 558 g/mol. The van der Waals surface area contributed by atoms with E-state index >= 15 is 0 Å². The molecule has 1 atom stereocenters. The van der Waals surface area contributed by atoms with Crippen molar-refractivity contribution in [2.75, 3.05) is 18.5 Å². The van der Waals surface area contributed by atoms with Gasteiger partial charge in [-0.3, -0.25) is 19.3 Å². The maximum Gasteiger partial charge on any atom is 0.338 e. The van der Waals surface area contributed by atoms with E-state index in [-0.39, 0.29) is 31.2 Å². The van der Waals surface area contributed by atoms with E-state index in [2.05, 4.69) is 5.32 Å². The third-order valence-electron chi connectivity index (χ3n) is 5.05. The zero-order valence-corrected chi connectivity index (χ0v) is 21.8. The van der Waals surface area contributed by atoms with Gasteiger partial charge in [-0.15, -0.1) is 0 Å². The standard InChI is InChI=1S/C23H18Cl4N2O7/c1-3-8-35-23(34)11-4-6-12(7-5-11)28-13(30)9-36-22(33)10(2)29-20(31)14-15(21(29)32)17(25)19(27)18(26)16(14)24/h4-7,10H,3,8-9H2,1-2H3,(H,28,30)/t10-/m0/s1. The molecule has 0 spiro atoms. The summed E-state index contributed by atoms with van der Waals surface area (Å²) in [5, 5.41) is 1.54. The molecule has 0 fully saturated rings. The van der Waals surface area contributed by atoms with Crippen molar-refractivity contribution >= 4 is 81.8 Å². The first-order valence-corrected chi connectivity index (χ1v) is 12.0. The number of amides is 3. The van der Waals surface area contributed by atoms with Crippen molar-refractivity contribution < 1.29 is 33.4 Å². The van der Waals surface area contributed by atoms with Crippen LogP contribution in [0.5, 0.6) is 0 Å². The maximum absolute atomic E-state index is 12.8. The number of nitrogens with one attached hydrogen (secondary N) is 1. The number of hydrogen-bond acceptors (Lipinski definition) is 7. The van der Waals surface area contributed by atoms with E-state index in [1.807, 2.05) is 6.92 Å². The third-order valence-corrected chi connectivity index (χ3v) is 6.85. The van der Waals surface area contributed by atoms with Gasteiger partial charge in [-0.1, -0.05) is 53.3 Å². The second-order valence-corrected chi connectivity index (χ2v) is 9.04. The molecule has 0 saturated carbocycles. The Morgan fingerprint density at radius 2 is 1.42 bits per heavy atom. The van der Waals surface area contributed by atoms with Gasteiger partial charge in [0.15, 0.2) is 6.61 Å². The van der Waals surface area contributed by atoms with Crippen molar-refractivity contribution in [3.8, 4) is 0 Å². The van der Waals surface area contributed by atoms with Crippen LogP contribution in [0.15, 0.2) is 24.3 Å². The zero-order chi connectivity index (χ0) is 26.7. The Bertz CT molecular complexity index is 1220. The molecule has 1 aliphatic rings. The molecule has 2 aromatic rings. The quantitative estimate of drug-likeness (QED) is 0.203. The second kappa shape index (κ2) is 11.5. The fraction of sp³-hybridized carbons (Fsp3) is 0.261. The van der Waals surface area contributed by atoms with Crippen LogP contribution in [-0.4, -0.2) is 53.8 Å². The van der Waals surface area contributed by atoms with Gasteiger partial charge in [0.1, 0.15) is 6.04 Å². The predicted molar refractivity (Wildman–Crippen MR) is 133 cm³/mol. The van der Waals surface area contributed by atoms with Gasteiger partial charge in [0.25, 0.3) is 17.7 Å². The monoisotopic (exact) mass is 574 g/mol. The number of hydrogen-bond donors (Lipinski definition) is 1. The molecule has 0 aromatic heterocycles. The van der Waals surface area contributed by atoms with Gasteiger partial charge in [0, 0.05) is 5.69 Å². The molecule has 1 heterocycles. The molecule has 0 radical (unpaired) electrons.